The van der Waals surface area contributed by atoms with Crippen molar-refractivity contribution in [2.75, 3.05) is 5.94 Å². The lowest BCUT2D eigenvalue weighted by atomic mass is 9.81. The van der Waals surface area contributed by atoms with E-state index in [9.17, 15) is 13.0 Å². The van der Waals surface area contributed by atoms with E-state index in [2.05, 4.69) is 45.0 Å². The SMILES string of the molecule is C.C.C=O.CC(c1ccccc1)c1cc(C(C)c2ccccc2)c(OCS(=O)(=O)[O-])c(C(C)c2ccccc2)c1. The molecule has 0 saturated carbocycles. The molecule has 3 atom stereocenters. The van der Waals surface area contributed by atoms with E-state index in [0.29, 0.717) is 5.75 Å². The van der Waals surface area contributed by atoms with Gasteiger partial charge >= 0.3 is 0 Å². The van der Waals surface area contributed by atoms with E-state index in [-0.39, 0.29) is 32.6 Å². The number of carbonyl (C=O) groups is 1. The zero-order valence-electron chi connectivity index (χ0n) is 21.9. The van der Waals surface area contributed by atoms with E-state index in [4.69, 9.17) is 9.53 Å². The minimum Gasteiger partial charge on any atom is -0.745 e. The first-order valence-electron chi connectivity index (χ1n) is 12.4. The maximum absolute atomic E-state index is 11.6. The van der Waals surface area contributed by atoms with Gasteiger partial charge in [0.05, 0.1) is 0 Å². The monoisotopic (exact) mass is 561 g/mol. The molecule has 4 aromatic carbocycles. The van der Waals surface area contributed by atoms with Crippen molar-refractivity contribution in [2.24, 2.45) is 0 Å². The minimum absolute atomic E-state index is 0. The molecule has 0 aliphatic rings. The fraction of sp³-hybridized carbons (Fsp3) is 0.265. The summed E-state index contributed by atoms with van der Waals surface area (Å²) < 4.78 is 40.6. The first-order chi connectivity index (χ1) is 18.2. The molecule has 0 saturated heterocycles. The molecule has 0 N–H and O–H groups in total. The highest BCUT2D eigenvalue weighted by Crippen LogP contribution is 2.42. The summed E-state index contributed by atoms with van der Waals surface area (Å²) in [6, 6.07) is 34.6. The van der Waals surface area contributed by atoms with Gasteiger partial charge in [0.15, 0.2) is 5.94 Å². The van der Waals surface area contributed by atoms with Gasteiger partial charge < -0.3 is 14.1 Å². The molecule has 40 heavy (non-hydrogen) atoms. The number of carbonyl (C=O) groups excluding carboxylic acids is 1. The van der Waals surface area contributed by atoms with Crippen LogP contribution in [0.5, 0.6) is 5.75 Å². The Hall–Kier alpha value is -3.74. The van der Waals surface area contributed by atoms with Crippen molar-refractivity contribution in [2.45, 2.75) is 53.4 Å². The summed E-state index contributed by atoms with van der Waals surface area (Å²) >= 11 is 0. The highest BCUT2D eigenvalue weighted by atomic mass is 32.2. The van der Waals surface area contributed by atoms with Crippen LogP contribution in [-0.2, 0) is 14.9 Å². The topological polar surface area (TPSA) is 83.5 Å². The summed E-state index contributed by atoms with van der Waals surface area (Å²) in [5.74, 6) is -0.512. The van der Waals surface area contributed by atoms with Crippen LogP contribution < -0.4 is 4.74 Å². The van der Waals surface area contributed by atoms with Crippen LogP contribution in [-0.4, -0.2) is 25.7 Å². The zero-order chi connectivity index (χ0) is 27.7. The number of ether oxygens (including phenoxy) is 1. The fourth-order valence-corrected chi connectivity index (χ4v) is 4.93. The zero-order valence-corrected chi connectivity index (χ0v) is 22.7. The number of benzene rings is 4. The first kappa shape index (κ1) is 34.3. The molecule has 0 radical (unpaired) electrons. The Labute approximate surface area is 240 Å². The number of hydrogen-bond acceptors (Lipinski definition) is 5. The third kappa shape index (κ3) is 8.63. The second kappa shape index (κ2) is 15.8. The molecule has 4 rings (SSSR count). The van der Waals surface area contributed by atoms with E-state index >= 15 is 0 Å². The van der Waals surface area contributed by atoms with Crippen molar-refractivity contribution in [3.8, 4) is 5.75 Å². The third-order valence-electron chi connectivity index (χ3n) is 6.85. The van der Waals surface area contributed by atoms with Crippen molar-refractivity contribution < 1.29 is 22.5 Å². The molecule has 0 spiro atoms. The van der Waals surface area contributed by atoms with Gasteiger partial charge in [-0.15, -0.1) is 0 Å². The molecule has 0 amide bonds. The summed E-state index contributed by atoms with van der Waals surface area (Å²) in [4.78, 5) is 8.00. The van der Waals surface area contributed by atoms with E-state index in [1.54, 1.807) is 0 Å². The Kier molecular flexibility index (Phi) is 13.5. The predicted octanol–water partition coefficient (Wildman–Crippen LogP) is 8.11. The predicted molar refractivity (Wildman–Crippen MR) is 164 cm³/mol. The van der Waals surface area contributed by atoms with Crippen LogP contribution in [0.15, 0.2) is 103 Å². The number of hydrogen-bond donors (Lipinski definition) is 0. The third-order valence-corrected chi connectivity index (χ3v) is 7.25. The average molecular weight is 562 g/mol. The van der Waals surface area contributed by atoms with Gasteiger partial charge in [0.2, 0.25) is 0 Å². The maximum Gasteiger partial charge on any atom is 0.177 e. The van der Waals surface area contributed by atoms with Gasteiger partial charge in [0.1, 0.15) is 22.7 Å². The van der Waals surface area contributed by atoms with Crippen LogP contribution >= 0.6 is 0 Å². The van der Waals surface area contributed by atoms with Crippen LogP contribution in [0.1, 0.15) is 86.8 Å². The van der Waals surface area contributed by atoms with Gasteiger partial charge in [0, 0.05) is 28.9 Å². The molecule has 4 aromatic rings. The van der Waals surface area contributed by atoms with Crippen molar-refractivity contribution in [1.82, 2.24) is 0 Å². The Morgan fingerprint density at radius 3 is 1.27 bits per heavy atom. The van der Waals surface area contributed by atoms with E-state index in [1.165, 1.54) is 5.56 Å². The first-order valence-corrected chi connectivity index (χ1v) is 14.0. The van der Waals surface area contributed by atoms with Crippen LogP contribution in [0.2, 0.25) is 0 Å². The summed E-state index contributed by atoms with van der Waals surface area (Å²) in [6.07, 6.45) is 0. The molecule has 0 aliphatic heterocycles. The molecule has 0 heterocycles. The molecule has 0 aliphatic carbocycles. The van der Waals surface area contributed by atoms with Gasteiger partial charge in [-0.2, -0.15) is 0 Å². The van der Waals surface area contributed by atoms with Crippen molar-refractivity contribution >= 4 is 16.9 Å². The van der Waals surface area contributed by atoms with Crippen LogP contribution in [0.4, 0.5) is 0 Å². The maximum atomic E-state index is 11.6. The van der Waals surface area contributed by atoms with Crippen molar-refractivity contribution in [3.05, 3.63) is 137 Å². The lowest BCUT2D eigenvalue weighted by molar-refractivity contribution is -0.0980. The standard InChI is InChI=1S/C31H32O4S.CH2O.2CH4/c1-22(25-13-7-4-8-14-25)28-19-29(23(2)26-15-9-5-10-16-26)31(35-21-36(32,33)34)30(20-28)24(3)27-17-11-6-12-18-27;1-2;;/h4-20,22-24H,21H2,1-3H3,(H,32,33,34);1H2;2*1H4/p-1. The van der Waals surface area contributed by atoms with Gasteiger partial charge in [-0.3, -0.25) is 0 Å². The van der Waals surface area contributed by atoms with Crippen molar-refractivity contribution in [3.63, 3.8) is 0 Å². The van der Waals surface area contributed by atoms with Gasteiger partial charge in [-0.1, -0.05) is 139 Å². The van der Waals surface area contributed by atoms with Crippen molar-refractivity contribution in [1.29, 1.82) is 0 Å². The molecule has 0 fully saturated rings. The van der Waals surface area contributed by atoms with Crippen LogP contribution in [0.25, 0.3) is 0 Å². The lowest BCUT2D eigenvalue weighted by Gasteiger charge is -2.27. The molecule has 6 heteroatoms. The molecular weight excluding hydrogens is 520 g/mol. The molecule has 214 valence electrons. The van der Waals surface area contributed by atoms with Crippen LogP contribution in [0, 0.1) is 0 Å². The minimum atomic E-state index is -4.58. The van der Waals surface area contributed by atoms with E-state index in [0.717, 1.165) is 27.8 Å². The Morgan fingerprint density at radius 2 is 0.950 bits per heavy atom. The highest BCUT2D eigenvalue weighted by molar-refractivity contribution is 7.85. The quantitative estimate of drug-likeness (QED) is 0.193. The molecular formula is C34H41O5S-. The second-order valence-corrected chi connectivity index (χ2v) is 10.6. The molecule has 5 nitrogen and oxygen atoms in total. The molecule has 3 unspecified atom stereocenters. The summed E-state index contributed by atoms with van der Waals surface area (Å²) in [5.41, 5.74) is 6.18. The average Bonchev–Trinajstić information content (AvgIpc) is 2.96. The summed E-state index contributed by atoms with van der Waals surface area (Å²) in [6.45, 7) is 8.33. The van der Waals surface area contributed by atoms with E-state index in [1.807, 2.05) is 85.7 Å². The van der Waals surface area contributed by atoms with Gasteiger partial charge in [-0.05, 0) is 22.3 Å². The normalized spacial score (nSPS) is 12.8. The Bertz CT molecular complexity index is 1340. The lowest BCUT2D eigenvalue weighted by Crippen LogP contribution is -2.15. The van der Waals surface area contributed by atoms with Gasteiger partial charge in [-0.25, -0.2) is 8.42 Å². The smallest absolute Gasteiger partial charge is 0.177 e. The second-order valence-electron chi connectivity index (χ2n) is 9.25. The highest BCUT2D eigenvalue weighted by Gasteiger charge is 2.25. The molecule has 0 bridgehead atoms. The largest absolute Gasteiger partial charge is 0.745 e. The molecule has 0 aromatic heterocycles. The van der Waals surface area contributed by atoms with E-state index < -0.39 is 16.1 Å². The van der Waals surface area contributed by atoms with Gasteiger partial charge in [0.25, 0.3) is 0 Å². The van der Waals surface area contributed by atoms with Crippen LogP contribution in [0.3, 0.4) is 0 Å². The summed E-state index contributed by atoms with van der Waals surface area (Å²) in [7, 11) is -4.58. The summed E-state index contributed by atoms with van der Waals surface area (Å²) in [5, 5.41) is 0. The fourth-order valence-electron chi connectivity index (χ4n) is 4.67. The Balaban J connectivity index is 0.00000196. The number of rotatable bonds is 9. The Morgan fingerprint density at radius 1 is 0.625 bits per heavy atom.